The van der Waals surface area contributed by atoms with Crippen molar-refractivity contribution in [3.05, 3.63) is 130 Å². The topological polar surface area (TPSA) is 52.6 Å². The van der Waals surface area contributed by atoms with Crippen molar-refractivity contribution in [3.8, 4) is 11.5 Å². The van der Waals surface area contributed by atoms with Crippen LogP contribution in [-0.2, 0) is 18.3 Å². The standard InChI is InChI=1S/C33H28O4/c34-31(25-9-3-1-4-10-25)36-27-17-15-23-13-7-19-33(29(23)21-27)20-8-14-24-16-18-28(22-30(24)33)37-32(35)26-11-5-2-6-12-26/h1-6,9-12,15-18,21-22H,7-8,13-14,19-20H2. The Bertz CT molecular complexity index is 1340. The van der Waals surface area contributed by atoms with Gasteiger partial charge in [-0.25, -0.2) is 9.59 Å². The van der Waals surface area contributed by atoms with Gasteiger partial charge in [0.25, 0.3) is 0 Å². The molecule has 0 saturated heterocycles. The Morgan fingerprint density at radius 3 is 1.43 bits per heavy atom. The van der Waals surface area contributed by atoms with Crippen molar-refractivity contribution in [2.24, 2.45) is 0 Å². The minimum absolute atomic E-state index is 0.189. The molecule has 0 bridgehead atoms. The zero-order valence-electron chi connectivity index (χ0n) is 20.6. The van der Waals surface area contributed by atoms with Crippen molar-refractivity contribution < 1.29 is 19.1 Å². The summed E-state index contributed by atoms with van der Waals surface area (Å²) in [6.45, 7) is 0. The summed E-state index contributed by atoms with van der Waals surface area (Å²) in [5.41, 5.74) is 5.92. The molecule has 4 heteroatoms. The first-order valence-corrected chi connectivity index (χ1v) is 12.9. The van der Waals surface area contributed by atoms with E-state index in [4.69, 9.17) is 9.47 Å². The molecule has 1 spiro atoms. The molecule has 0 radical (unpaired) electrons. The van der Waals surface area contributed by atoms with E-state index in [9.17, 15) is 9.59 Å². The highest BCUT2D eigenvalue weighted by atomic mass is 16.5. The first-order valence-electron chi connectivity index (χ1n) is 12.9. The molecule has 0 atom stereocenters. The summed E-state index contributed by atoms with van der Waals surface area (Å²) in [6, 6.07) is 30.3. The van der Waals surface area contributed by atoms with Gasteiger partial charge in [-0.2, -0.15) is 0 Å². The van der Waals surface area contributed by atoms with E-state index in [0.29, 0.717) is 22.6 Å². The molecule has 6 rings (SSSR count). The number of rotatable bonds is 4. The average Bonchev–Trinajstić information content (AvgIpc) is 2.95. The molecule has 0 fully saturated rings. The summed E-state index contributed by atoms with van der Waals surface area (Å²) in [5, 5.41) is 0. The molecule has 0 aliphatic heterocycles. The minimum atomic E-state index is -0.357. The Hall–Kier alpha value is -4.18. The Balaban J connectivity index is 1.36. The minimum Gasteiger partial charge on any atom is -0.423 e. The van der Waals surface area contributed by atoms with Crippen LogP contribution in [0.1, 0.15) is 68.7 Å². The lowest BCUT2D eigenvalue weighted by atomic mass is 9.60. The predicted octanol–water partition coefficient (Wildman–Crippen LogP) is 7.08. The highest BCUT2D eigenvalue weighted by Crippen LogP contribution is 2.51. The maximum Gasteiger partial charge on any atom is 0.343 e. The van der Waals surface area contributed by atoms with Gasteiger partial charge >= 0.3 is 11.9 Å². The van der Waals surface area contributed by atoms with Gasteiger partial charge in [0.15, 0.2) is 0 Å². The normalized spacial score (nSPS) is 15.4. The van der Waals surface area contributed by atoms with Crippen LogP contribution in [0.3, 0.4) is 0 Å². The van der Waals surface area contributed by atoms with E-state index in [0.717, 1.165) is 38.5 Å². The van der Waals surface area contributed by atoms with Crippen molar-refractivity contribution in [2.45, 2.75) is 43.9 Å². The number of esters is 2. The summed E-state index contributed by atoms with van der Waals surface area (Å²) in [5.74, 6) is 0.412. The number of hydrogen-bond donors (Lipinski definition) is 0. The third-order valence-electron chi connectivity index (χ3n) is 7.73. The highest BCUT2D eigenvalue weighted by molar-refractivity contribution is 5.91. The molecule has 0 amide bonds. The van der Waals surface area contributed by atoms with Crippen molar-refractivity contribution >= 4 is 11.9 Å². The molecular weight excluding hydrogens is 460 g/mol. The second-order valence-corrected chi connectivity index (χ2v) is 9.94. The lowest BCUT2D eigenvalue weighted by Gasteiger charge is -2.44. The Morgan fingerprint density at radius 1 is 0.568 bits per heavy atom. The van der Waals surface area contributed by atoms with Gasteiger partial charge in [0, 0.05) is 5.41 Å². The molecule has 4 aromatic carbocycles. The van der Waals surface area contributed by atoms with Crippen molar-refractivity contribution in [1.82, 2.24) is 0 Å². The number of aryl methyl sites for hydroxylation is 2. The lowest BCUT2D eigenvalue weighted by molar-refractivity contribution is 0.0725. The largest absolute Gasteiger partial charge is 0.423 e. The van der Waals surface area contributed by atoms with Gasteiger partial charge in [-0.3, -0.25) is 0 Å². The quantitative estimate of drug-likeness (QED) is 0.227. The smallest absolute Gasteiger partial charge is 0.343 e. The third-order valence-corrected chi connectivity index (χ3v) is 7.73. The van der Waals surface area contributed by atoms with Crippen LogP contribution in [0.5, 0.6) is 11.5 Å². The van der Waals surface area contributed by atoms with Crippen LogP contribution in [0.4, 0.5) is 0 Å². The molecule has 0 N–H and O–H groups in total. The number of benzene rings is 4. The van der Waals surface area contributed by atoms with Crippen LogP contribution in [0.2, 0.25) is 0 Å². The van der Waals surface area contributed by atoms with E-state index in [1.165, 1.54) is 22.3 Å². The van der Waals surface area contributed by atoms with Crippen molar-refractivity contribution in [2.75, 3.05) is 0 Å². The van der Waals surface area contributed by atoms with E-state index in [2.05, 4.69) is 24.3 Å². The van der Waals surface area contributed by atoms with Crippen LogP contribution in [0, 0.1) is 0 Å². The molecular formula is C33H28O4. The fraction of sp³-hybridized carbons (Fsp3) is 0.212. The third kappa shape index (κ3) is 4.44. The van der Waals surface area contributed by atoms with Gasteiger partial charge in [-0.05, 0) is 109 Å². The average molecular weight is 489 g/mol. The summed E-state index contributed by atoms with van der Waals surface area (Å²) < 4.78 is 11.6. The van der Waals surface area contributed by atoms with E-state index in [1.54, 1.807) is 24.3 Å². The number of hydrogen-bond acceptors (Lipinski definition) is 4. The van der Waals surface area contributed by atoms with Gasteiger partial charge in [-0.15, -0.1) is 0 Å². The second kappa shape index (κ2) is 9.70. The molecule has 37 heavy (non-hydrogen) atoms. The Kier molecular flexibility index (Phi) is 6.09. The van der Waals surface area contributed by atoms with Crippen molar-refractivity contribution in [1.29, 1.82) is 0 Å². The maximum absolute atomic E-state index is 12.7. The number of fused-ring (bicyclic) bond motifs is 4. The Labute approximate surface area is 216 Å². The Morgan fingerprint density at radius 2 is 1.00 bits per heavy atom. The summed E-state index contributed by atoms with van der Waals surface area (Å²) >= 11 is 0. The highest BCUT2D eigenvalue weighted by Gasteiger charge is 2.41. The molecule has 0 aromatic heterocycles. The summed E-state index contributed by atoms with van der Waals surface area (Å²) in [4.78, 5) is 25.5. The molecule has 2 aliphatic carbocycles. The SMILES string of the molecule is O=C(Oc1ccc2c(c1)C1(CCC2)CCCc2ccc(OC(=O)c3ccccc3)cc21)c1ccccc1. The van der Waals surface area contributed by atoms with Crippen LogP contribution >= 0.6 is 0 Å². The maximum atomic E-state index is 12.7. The molecule has 2 aliphatic rings. The number of carbonyl (C=O) groups excluding carboxylic acids is 2. The van der Waals surface area contributed by atoms with Crippen LogP contribution in [-0.4, -0.2) is 11.9 Å². The molecule has 4 nitrogen and oxygen atoms in total. The first kappa shape index (κ1) is 23.2. The monoisotopic (exact) mass is 488 g/mol. The summed E-state index contributed by atoms with van der Waals surface area (Å²) in [7, 11) is 0. The van der Waals surface area contributed by atoms with E-state index in [-0.39, 0.29) is 17.4 Å². The van der Waals surface area contributed by atoms with Crippen LogP contribution in [0.15, 0.2) is 97.1 Å². The van der Waals surface area contributed by atoms with Gasteiger partial charge in [0.2, 0.25) is 0 Å². The lowest BCUT2D eigenvalue weighted by Crippen LogP contribution is -2.36. The van der Waals surface area contributed by atoms with Gasteiger partial charge < -0.3 is 9.47 Å². The van der Waals surface area contributed by atoms with Gasteiger partial charge in [0.05, 0.1) is 11.1 Å². The van der Waals surface area contributed by atoms with Crippen LogP contribution in [0.25, 0.3) is 0 Å². The van der Waals surface area contributed by atoms with E-state index in [1.807, 2.05) is 48.5 Å². The number of carbonyl (C=O) groups is 2. The van der Waals surface area contributed by atoms with Gasteiger partial charge in [0.1, 0.15) is 11.5 Å². The molecule has 4 aromatic rings. The fourth-order valence-corrected chi connectivity index (χ4v) is 6.02. The van der Waals surface area contributed by atoms with Gasteiger partial charge in [-0.1, -0.05) is 48.5 Å². The second-order valence-electron chi connectivity index (χ2n) is 9.94. The van der Waals surface area contributed by atoms with Crippen molar-refractivity contribution in [3.63, 3.8) is 0 Å². The zero-order chi connectivity index (χ0) is 25.2. The summed E-state index contributed by atoms with van der Waals surface area (Å²) in [6.07, 6.45) is 6.20. The van der Waals surface area contributed by atoms with E-state index < -0.39 is 0 Å². The molecule has 184 valence electrons. The zero-order valence-corrected chi connectivity index (χ0v) is 20.6. The number of ether oxygens (including phenoxy) is 2. The van der Waals surface area contributed by atoms with Crippen LogP contribution < -0.4 is 9.47 Å². The molecule has 0 unspecified atom stereocenters. The molecule has 0 saturated carbocycles. The van der Waals surface area contributed by atoms with E-state index >= 15 is 0 Å². The first-order chi connectivity index (χ1) is 18.1. The predicted molar refractivity (Wildman–Crippen MR) is 142 cm³/mol. The molecule has 0 heterocycles. The fourth-order valence-electron chi connectivity index (χ4n) is 6.02.